The van der Waals surface area contributed by atoms with Crippen LogP contribution in [0.25, 0.3) is 6.08 Å². The topological polar surface area (TPSA) is 57.6 Å². The number of benzene rings is 2. The minimum absolute atomic E-state index is 0.0666. The summed E-state index contributed by atoms with van der Waals surface area (Å²) < 4.78 is 29.6. The maximum atomic E-state index is 10.5. The zero-order chi connectivity index (χ0) is 23.9. The maximum absolute atomic E-state index is 10.5. The molecule has 3 rings (SSSR count). The highest BCUT2D eigenvalue weighted by molar-refractivity contribution is 7.85. The summed E-state index contributed by atoms with van der Waals surface area (Å²) in [7, 11) is -4.02. The molecule has 1 N–H and O–H groups in total. The average molecular weight is 472 g/mol. The first-order chi connectivity index (χ1) is 15.9. The predicted molar refractivity (Wildman–Crippen MR) is 141 cm³/mol. The van der Waals surface area contributed by atoms with Crippen LogP contribution >= 0.6 is 0 Å². The van der Waals surface area contributed by atoms with Gasteiger partial charge in [0.05, 0.1) is 4.90 Å². The Morgan fingerprint density at radius 3 is 2.00 bits per heavy atom. The van der Waals surface area contributed by atoms with Gasteiger partial charge in [-0.05, 0) is 37.1 Å². The fourth-order valence-electron chi connectivity index (χ4n) is 4.03. The first-order valence-corrected chi connectivity index (χ1v) is 13.9. The fourth-order valence-corrected chi connectivity index (χ4v) is 4.51. The van der Waals surface area contributed by atoms with Gasteiger partial charge in [-0.3, -0.25) is 4.55 Å². The Morgan fingerprint density at radius 1 is 0.818 bits per heavy atom. The molecule has 0 aliphatic carbocycles. The van der Waals surface area contributed by atoms with Crippen molar-refractivity contribution in [2.75, 3.05) is 18.0 Å². The molecule has 1 aliphatic rings. The molecule has 4 nitrogen and oxygen atoms in total. The molecule has 0 spiro atoms. The molecule has 0 saturated carbocycles. The second-order valence-corrected chi connectivity index (χ2v) is 10.3. The van der Waals surface area contributed by atoms with Crippen molar-refractivity contribution in [1.82, 2.24) is 0 Å². The Bertz CT molecular complexity index is 936. The number of hydrogen-bond acceptors (Lipinski definition) is 3. The highest BCUT2D eigenvalue weighted by Gasteiger charge is 2.11. The monoisotopic (exact) mass is 471 g/mol. The molecule has 182 valence electrons. The van der Waals surface area contributed by atoms with Gasteiger partial charge in [-0.25, -0.2) is 0 Å². The lowest BCUT2D eigenvalue weighted by Gasteiger charge is -2.28. The SMILES string of the molecule is CCCCCCCCCCCCN1CC=Cc2ccccc21.Cc1ccc(S(=O)(=O)O)cc1. The molecule has 2 aromatic rings. The number of para-hydroxylation sites is 1. The van der Waals surface area contributed by atoms with Crippen LogP contribution in [0.5, 0.6) is 0 Å². The van der Waals surface area contributed by atoms with Gasteiger partial charge in [-0.1, -0.05) is 113 Å². The van der Waals surface area contributed by atoms with E-state index < -0.39 is 10.1 Å². The Morgan fingerprint density at radius 2 is 1.39 bits per heavy atom. The Kier molecular flexibility index (Phi) is 12.3. The van der Waals surface area contributed by atoms with Crippen molar-refractivity contribution in [1.29, 1.82) is 0 Å². The van der Waals surface area contributed by atoms with Gasteiger partial charge in [0.2, 0.25) is 0 Å². The van der Waals surface area contributed by atoms with E-state index in [4.69, 9.17) is 4.55 Å². The molecule has 2 aromatic carbocycles. The number of rotatable bonds is 12. The molecular formula is C28H41NO3S. The van der Waals surface area contributed by atoms with Gasteiger partial charge < -0.3 is 4.90 Å². The third kappa shape index (κ3) is 10.6. The number of anilines is 1. The summed E-state index contributed by atoms with van der Waals surface area (Å²) in [5.41, 5.74) is 3.75. The molecule has 0 saturated heterocycles. The number of hydrogen-bond donors (Lipinski definition) is 1. The average Bonchev–Trinajstić information content (AvgIpc) is 2.80. The number of nitrogens with zero attached hydrogens (tertiary/aromatic N) is 1. The summed E-state index contributed by atoms with van der Waals surface area (Å²) in [6.07, 6.45) is 18.7. The quantitative estimate of drug-likeness (QED) is 0.255. The molecular weight excluding hydrogens is 430 g/mol. The Labute approximate surface area is 201 Å². The number of aryl methyl sites for hydroxylation is 1. The van der Waals surface area contributed by atoms with E-state index in [1.54, 1.807) is 12.1 Å². The molecule has 5 heteroatoms. The van der Waals surface area contributed by atoms with Gasteiger partial charge >= 0.3 is 0 Å². The van der Waals surface area contributed by atoms with E-state index in [0.717, 1.165) is 12.1 Å². The molecule has 0 fully saturated rings. The number of unbranched alkanes of at least 4 members (excludes halogenated alkanes) is 9. The van der Waals surface area contributed by atoms with Crippen molar-refractivity contribution in [3.63, 3.8) is 0 Å². The smallest absolute Gasteiger partial charge is 0.294 e. The second kappa shape index (κ2) is 14.9. The van der Waals surface area contributed by atoms with E-state index in [9.17, 15) is 8.42 Å². The van der Waals surface area contributed by atoms with Crippen LogP contribution < -0.4 is 4.90 Å². The predicted octanol–water partition coefficient (Wildman–Crippen LogP) is 7.68. The van der Waals surface area contributed by atoms with Crippen molar-refractivity contribution < 1.29 is 13.0 Å². The first kappa shape index (κ1) is 27.1. The molecule has 0 atom stereocenters. The zero-order valence-corrected chi connectivity index (χ0v) is 21.2. The van der Waals surface area contributed by atoms with Gasteiger partial charge in [-0.2, -0.15) is 8.42 Å². The third-order valence-corrected chi connectivity index (χ3v) is 6.87. The zero-order valence-electron chi connectivity index (χ0n) is 20.4. The molecule has 1 aliphatic heterocycles. The highest BCUT2D eigenvalue weighted by atomic mass is 32.2. The van der Waals surface area contributed by atoms with Gasteiger partial charge in [0.25, 0.3) is 10.1 Å². The fraction of sp³-hybridized carbons (Fsp3) is 0.500. The van der Waals surface area contributed by atoms with E-state index in [-0.39, 0.29) is 4.90 Å². The van der Waals surface area contributed by atoms with Crippen molar-refractivity contribution >= 4 is 21.9 Å². The Balaban J connectivity index is 0.000000294. The lowest BCUT2D eigenvalue weighted by molar-refractivity contribution is 0.483. The van der Waals surface area contributed by atoms with Crippen LogP contribution in [0.15, 0.2) is 59.5 Å². The maximum Gasteiger partial charge on any atom is 0.294 e. The summed E-state index contributed by atoms with van der Waals surface area (Å²) in [4.78, 5) is 2.46. The second-order valence-electron chi connectivity index (χ2n) is 8.88. The minimum Gasteiger partial charge on any atom is -0.367 e. The van der Waals surface area contributed by atoms with Crippen LogP contribution in [0.1, 0.15) is 82.3 Å². The summed E-state index contributed by atoms with van der Waals surface area (Å²) in [5, 5.41) is 0. The van der Waals surface area contributed by atoms with E-state index in [2.05, 4.69) is 48.2 Å². The van der Waals surface area contributed by atoms with Gasteiger partial charge in [0.1, 0.15) is 0 Å². The van der Waals surface area contributed by atoms with Crippen LogP contribution in [-0.2, 0) is 10.1 Å². The van der Waals surface area contributed by atoms with Crippen molar-refractivity contribution in [3.8, 4) is 0 Å². The van der Waals surface area contributed by atoms with Crippen LogP contribution in [0.2, 0.25) is 0 Å². The van der Waals surface area contributed by atoms with Gasteiger partial charge in [-0.15, -0.1) is 0 Å². The molecule has 0 bridgehead atoms. The number of fused-ring (bicyclic) bond motifs is 1. The first-order valence-electron chi connectivity index (χ1n) is 12.5. The lowest BCUT2D eigenvalue weighted by atomic mass is 10.1. The standard InChI is InChI=1S/C21H33N.C7H8O3S/c1-2-3-4-5-6-7-8-9-10-13-18-22-19-14-16-20-15-11-12-17-21(20)22;1-6-2-4-7(5-3-6)11(8,9)10/h11-12,14-17H,2-10,13,18-19H2,1H3;2-5H,1H3,(H,8,9,10). The lowest BCUT2D eigenvalue weighted by Crippen LogP contribution is -2.26. The van der Waals surface area contributed by atoms with E-state index in [1.165, 1.54) is 94.1 Å². The van der Waals surface area contributed by atoms with E-state index >= 15 is 0 Å². The third-order valence-electron chi connectivity index (χ3n) is 6.00. The summed E-state index contributed by atoms with van der Waals surface area (Å²) in [6.45, 7) is 6.41. The van der Waals surface area contributed by atoms with Crippen molar-refractivity contribution in [2.45, 2.75) is 83.0 Å². The molecule has 0 radical (unpaired) electrons. The van der Waals surface area contributed by atoms with E-state index in [1.807, 2.05) is 6.92 Å². The summed E-state index contributed by atoms with van der Waals surface area (Å²) in [6, 6.07) is 14.8. The summed E-state index contributed by atoms with van der Waals surface area (Å²) in [5.74, 6) is 0. The van der Waals surface area contributed by atoms with Crippen LogP contribution in [0.3, 0.4) is 0 Å². The molecule has 0 aromatic heterocycles. The molecule has 0 amide bonds. The Hall–Kier alpha value is -2.11. The molecule has 33 heavy (non-hydrogen) atoms. The van der Waals surface area contributed by atoms with E-state index in [0.29, 0.717) is 0 Å². The van der Waals surface area contributed by atoms with Crippen LogP contribution in [-0.4, -0.2) is 26.1 Å². The molecule has 1 heterocycles. The van der Waals surface area contributed by atoms with Crippen molar-refractivity contribution in [3.05, 3.63) is 65.7 Å². The van der Waals surface area contributed by atoms with Gasteiger partial charge in [0.15, 0.2) is 0 Å². The van der Waals surface area contributed by atoms with Crippen LogP contribution in [0, 0.1) is 6.92 Å². The normalized spacial score (nSPS) is 12.8. The minimum atomic E-state index is -4.02. The van der Waals surface area contributed by atoms with Gasteiger partial charge in [0, 0.05) is 18.8 Å². The largest absolute Gasteiger partial charge is 0.367 e. The van der Waals surface area contributed by atoms with Crippen molar-refractivity contribution in [2.24, 2.45) is 0 Å². The molecule has 0 unspecified atom stereocenters. The highest BCUT2D eigenvalue weighted by Crippen LogP contribution is 2.25. The van der Waals surface area contributed by atoms with Crippen LogP contribution in [0.4, 0.5) is 5.69 Å². The summed E-state index contributed by atoms with van der Waals surface area (Å²) >= 11 is 0.